The zero-order chi connectivity index (χ0) is 25.7. The van der Waals surface area contributed by atoms with Gasteiger partial charge in [0.15, 0.2) is 14.1 Å². The Balaban J connectivity index is 1.93. The molecule has 2 heterocycles. The van der Waals surface area contributed by atoms with Crippen LogP contribution in [0.5, 0.6) is 0 Å². The largest absolute Gasteiger partial charge is 0.411 e. The highest BCUT2D eigenvalue weighted by Crippen LogP contribution is 2.55. The Labute approximate surface area is 210 Å². The smallest absolute Gasteiger partial charge is 0.192 e. The first-order valence-electron chi connectivity index (χ1n) is 12.6. The van der Waals surface area contributed by atoms with E-state index in [1.54, 1.807) is 0 Å². The quantitative estimate of drug-likeness (QED) is 0.384. The molecule has 7 atom stereocenters. The lowest BCUT2D eigenvalue weighted by Crippen LogP contribution is -2.57. The minimum atomic E-state index is -2.05. The lowest BCUT2D eigenvalue weighted by atomic mass is 9.80. The van der Waals surface area contributed by atoms with Crippen molar-refractivity contribution in [2.24, 2.45) is 5.92 Å². The first-order valence-corrected chi connectivity index (χ1v) is 16.9. The third-order valence-corrected chi connectivity index (χ3v) is 14.2. The van der Waals surface area contributed by atoms with Gasteiger partial charge in [0.25, 0.3) is 0 Å². The van der Waals surface area contributed by atoms with Gasteiger partial charge in [-0.15, -0.1) is 0 Å². The molecule has 2 aliphatic heterocycles. The Morgan fingerprint density at radius 2 is 1.68 bits per heavy atom. The maximum Gasteiger partial charge on any atom is 0.192 e. The van der Waals surface area contributed by atoms with Gasteiger partial charge >= 0.3 is 0 Å². The summed E-state index contributed by atoms with van der Waals surface area (Å²) in [6, 6.07) is 9.65. The summed E-state index contributed by atoms with van der Waals surface area (Å²) in [5, 5.41) is 0.0876. The fourth-order valence-corrected chi connectivity index (χ4v) is 8.18. The molecule has 1 aromatic rings. The van der Waals surface area contributed by atoms with Gasteiger partial charge in [0, 0.05) is 10.6 Å². The first kappa shape index (κ1) is 28.0. The van der Waals surface area contributed by atoms with E-state index >= 15 is 0 Å². The van der Waals surface area contributed by atoms with Crippen LogP contribution in [0.25, 0.3) is 0 Å². The molecule has 0 N–H and O–H groups in total. The number of hydrogen-bond donors (Lipinski definition) is 0. The standard InChI is InChI=1S/C27H46O5SSi/c1-12-21(31-34(10,11)24(3,4)5)26(8)23-27(9,32-25(6,7)30-23)22(29-26)19(2)18-33(28)20-16-14-13-15-17-20/h13-17,19,21-23H,12,18H2,1-11H3/t19-,21-,22-,23-,26+,27+,33?/m1/s1. The van der Waals surface area contributed by atoms with Crippen molar-refractivity contribution in [1.82, 2.24) is 0 Å². The molecule has 0 radical (unpaired) electrons. The molecule has 0 bridgehead atoms. The topological polar surface area (TPSA) is 54.0 Å². The molecule has 1 unspecified atom stereocenters. The fraction of sp³-hybridized carbons (Fsp3) is 0.778. The molecule has 5 nitrogen and oxygen atoms in total. The van der Waals surface area contributed by atoms with Crippen molar-refractivity contribution < 1.29 is 22.8 Å². The minimum Gasteiger partial charge on any atom is -0.411 e. The van der Waals surface area contributed by atoms with E-state index in [2.05, 4.69) is 61.6 Å². The van der Waals surface area contributed by atoms with E-state index in [4.69, 9.17) is 18.6 Å². The molecule has 0 saturated carbocycles. The van der Waals surface area contributed by atoms with Crippen LogP contribution < -0.4 is 0 Å². The van der Waals surface area contributed by atoms with Crippen LogP contribution in [-0.4, -0.2) is 53.6 Å². The van der Waals surface area contributed by atoms with Crippen molar-refractivity contribution in [2.45, 2.75) is 127 Å². The highest BCUT2D eigenvalue weighted by Gasteiger charge is 2.70. The third kappa shape index (κ3) is 5.11. The van der Waals surface area contributed by atoms with Gasteiger partial charge in [-0.05, 0) is 70.3 Å². The van der Waals surface area contributed by atoms with Gasteiger partial charge in [-0.2, -0.15) is 0 Å². The van der Waals surface area contributed by atoms with Crippen LogP contribution in [0.15, 0.2) is 35.2 Å². The van der Waals surface area contributed by atoms with Crippen LogP contribution in [-0.2, 0) is 29.4 Å². The van der Waals surface area contributed by atoms with Crippen molar-refractivity contribution >= 4 is 19.1 Å². The van der Waals surface area contributed by atoms with Gasteiger partial charge in [-0.3, -0.25) is 4.21 Å². The Morgan fingerprint density at radius 3 is 2.21 bits per heavy atom. The van der Waals surface area contributed by atoms with E-state index < -0.39 is 36.1 Å². The van der Waals surface area contributed by atoms with Crippen molar-refractivity contribution in [1.29, 1.82) is 0 Å². The van der Waals surface area contributed by atoms with Crippen LogP contribution in [0.1, 0.15) is 68.7 Å². The van der Waals surface area contributed by atoms with E-state index in [1.807, 2.05) is 44.2 Å². The zero-order valence-electron chi connectivity index (χ0n) is 23.1. The molecule has 1 aromatic carbocycles. The summed E-state index contributed by atoms with van der Waals surface area (Å²) in [4.78, 5) is 0.841. The van der Waals surface area contributed by atoms with Gasteiger partial charge in [-0.25, -0.2) is 0 Å². The molecule has 34 heavy (non-hydrogen) atoms. The first-order chi connectivity index (χ1) is 15.5. The molecule has 7 heteroatoms. The van der Waals surface area contributed by atoms with Crippen LogP contribution >= 0.6 is 0 Å². The maximum absolute atomic E-state index is 13.1. The molecule has 2 saturated heterocycles. The predicted molar refractivity (Wildman–Crippen MR) is 141 cm³/mol. The maximum atomic E-state index is 13.1. The second kappa shape index (κ2) is 9.38. The van der Waals surface area contributed by atoms with Crippen molar-refractivity contribution in [2.75, 3.05) is 5.75 Å². The number of fused-ring (bicyclic) bond motifs is 1. The molecule has 0 aliphatic carbocycles. The van der Waals surface area contributed by atoms with Crippen LogP contribution in [0.3, 0.4) is 0 Å². The average molecular weight is 511 g/mol. The van der Waals surface area contributed by atoms with Crippen molar-refractivity contribution in [3.63, 3.8) is 0 Å². The second-order valence-corrected chi connectivity index (χ2v) is 18.7. The Bertz CT molecular complexity index is 883. The van der Waals surface area contributed by atoms with Crippen molar-refractivity contribution in [3.05, 3.63) is 30.3 Å². The molecular weight excluding hydrogens is 464 g/mol. The summed E-state index contributed by atoms with van der Waals surface area (Å²) in [5.74, 6) is -0.231. The van der Waals surface area contributed by atoms with Gasteiger partial charge in [0.05, 0.1) is 23.0 Å². The summed E-state index contributed by atoms with van der Waals surface area (Å²) in [6.45, 7) is 23.8. The number of hydrogen-bond acceptors (Lipinski definition) is 5. The molecule has 0 amide bonds. The highest BCUT2D eigenvalue weighted by molar-refractivity contribution is 7.85. The summed E-state index contributed by atoms with van der Waals surface area (Å²) in [6.07, 6.45) is 0.125. The third-order valence-electron chi connectivity index (χ3n) is 8.04. The van der Waals surface area contributed by atoms with Gasteiger partial charge in [0.2, 0.25) is 0 Å². The van der Waals surface area contributed by atoms with Crippen molar-refractivity contribution in [3.8, 4) is 0 Å². The Kier molecular flexibility index (Phi) is 7.73. The summed E-state index contributed by atoms with van der Waals surface area (Å²) in [7, 11) is -3.17. The summed E-state index contributed by atoms with van der Waals surface area (Å²) < 4.78 is 40.2. The molecule has 2 fully saturated rings. The number of ether oxygens (including phenoxy) is 3. The van der Waals surface area contributed by atoms with E-state index in [1.165, 1.54) is 0 Å². The van der Waals surface area contributed by atoms with Gasteiger partial charge in [-0.1, -0.05) is 52.8 Å². The SMILES string of the molecule is CC[C@@H](O[Si](C)(C)C(C)(C)C)[C@]1(C)O[C@H]([C@H](C)CS(=O)c2ccccc2)[C@]2(C)OC(C)(C)O[C@@H]21. The molecule has 3 rings (SSSR count). The van der Waals surface area contributed by atoms with E-state index in [0.29, 0.717) is 5.75 Å². The fourth-order valence-electron chi connectivity index (χ4n) is 5.41. The normalized spacial score (nSPS) is 34.0. The second-order valence-electron chi connectivity index (χ2n) is 12.5. The lowest BCUT2D eigenvalue weighted by Gasteiger charge is -2.45. The van der Waals surface area contributed by atoms with E-state index in [-0.39, 0.29) is 29.3 Å². The van der Waals surface area contributed by atoms with Gasteiger partial charge in [0.1, 0.15) is 17.3 Å². The summed E-state index contributed by atoms with van der Waals surface area (Å²) in [5.41, 5.74) is -1.34. The number of benzene rings is 1. The summed E-state index contributed by atoms with van der Waals surface area (Å²) >= 11 is 0. The monoisotopic (exact) mass is 510 g/mol. The Hall–Kier alpha value is -0.573. The van der Waals surface area contributed by atoms with Crippen LogP contribution in [0, 0.1) is 5.92 Å². The number of rotatable bonds is 8. The predicted octanol–water partition coefficient (Wildman–Crippen LogP) is 6.30. The van der Waals surface area contributed by atoms with E-state index in [0.717, 1.165) is 11.3 Å². The van der Waals surface area contributed by atoms with Gasteiger partial charge < -0.3 is 18.6 Å². The zero-order valence-corrected chi connectivity index (χ0v) is 24.9. The molecule has 2 aliphatic rings. The average Bonchev–Trinajstić information content (AvgIpc) is 3.10. The minimum absolute atomic E-state index is 0.00163. The van der Waals surface area contributed by atoms with Crippen LogP contribution in [0.2, 0.25) is 18.1 Å². The highest BCUT2D eigenvalue weighted by atomic mass is 32.2. The molecule has 194 valence electrons. The van der Waals surface area contributed by atoms with Crippen LogP contribution in [0.4, 0.5) is 0 Å². The van der Waals surface area contributed by atoms with E-state index in [9.17, 15) is 4.21 Å². The molecule has 0 aromatic heterocycles. The lowest BCUT2D eigenvalue weighted by molar-refractivity contribution is -0.236. The molecule has 0 spiro atoms. The Morgan fingerprint density at radius 1 is 1.09 bits per heavy atom. The molecular formula is C27H46O5SSi.